The fraction of sp³-hybridized carbons (Fsp3) is 0.882. The van der Waals surface area contributed by atoms with E-state index in [0.29, 0.717) is 19.8 Å². The van der Waals surface area contributed by atoms with Gasteiger partial charge >= 0.3 is 5.97 Å². The van der Waals surface area contributed by atoms with Gasteiger partial charge in [0, 0.05) is 25.7 Å². The first kappa shape index (κ1) is 19.5. The molecule has 2 atom stereocenters. The standard InChI is InChI=1S/C17H28N2O4.ClH/c1-22-16(21)13(12-2-8-23-9-3-12)11-19-15(20)14-10-17(14)4-6-18-7-5-17;/h12-14,18H,2-11H2,1H3,(H,19,20);1H. The normalized spacial score (nSPS) is 27.0. The molecule has 2 heterocycles. The number of amides is 1. The summed E-state index contributed by atoms with van der Waals surface area (Å²) in [5, 5.41) is 6.38. The summed E-state index contributed by atoms with van der Waals surface area (Å²) in [6.45, 7) is 3.78. The molecule has 1 saturated carbocycles. The van der Waals surface area contributed by atoms with Crippen LogP contribution in [0.15, 0.2) is 0 Å². The number of hydrogen-bond acceptors (Lipinski definition) is 5. The molecule has 0 radical (unpaired) electrons. The van der Waals surface area contributed by atoms with Crippen molar-refractivity contribution in [3.63, 3.8) is 0 Å². The minimum Gasteiger partial charge on any atom is -0.469 e. The molecule has 138 valence electrons. The number of methoxy groups -OCH3 is 1. The first-order valence-corrected chi connectivity index (χ1v) is 8.80. The fourth-order valence-electron chi connectivity index (χ4n) is 4.24. The fourth-order valence-corrected chi connectivity index (χ4v) is 4.24. The highest BCUT2D eigenvalue weighted by atomic mass is 35.5. The molecule has 0 aromatic heterocycles. The Hall–Kier alpha value is -0.850. The van der Waals surface area contributed by atoms with Crippen LogP contribution < -0.4 is 10.6 Å². The van der Waals surface area contributed by atoms with Gasteiger partial charge in [-0.3, -0.25) is 9.59 Å². The van der Waals surface area contributed by atoms with Crippen molar-refractivity contribution in [3.05, 3.63) is 0 Å². The first-order chi connectivity index (χ1) is 11.2. The maximum absolute atomic E-state index is 12.5. The van der Waals surface area contributed by atoms with Crippen LogP contribution in [0, 0.1) is 23.2 Å². The second kappa shape index (κ2) is 8.50. The van der Waals surface area contributed by atoms with Gasteiger partial charge in [-0.1, -0.05) is 0 Å². The number of nitrogens with one attached hydrogen (secondary N) is 2. The van der Waals surface area contributed by atoms with Crippen molar-refractivity contribution in [3.8, 4) is 0 Å². The Kier molecular flexibility index (Phi) is 6.89. The molecule has 1 amide bonds. The molecule has 2 N–H and O–H groups in total. The predicted molar refractivity (Wildman–Crippen MR) is 92.0 cm³/mol. The van der Waals surface area contributed by atoms with Gasteiger partial charge in [-0.2, -0.15) is 0 Å². The smallest absolute Gasteiger partial charge is 0.310 e. The summed E-state index contributed by atoms with van der Waals surface area (Å²) in [5.41, 5.74) is 0.231. The van der Waals surface area contributed by atoms with E-state index in [9.17, 15) is 9.59 Å². The Balaban J connectivity index is 0.00000208. The highest BCUT2D eigenvalue weighted by Crippen LogP contribution is 2.58. The van der Waals surface area contributed by atoms with E-state index in [2.05, 4.69) is 10.6 Å². The second-order valence-corrected chi connectivity index (χ2v) is 7.19. The van der Waals surface area contributed by atoms with Crippen LogP contribution in [0.2, 0.25) is 0 Å². The molecule has 0 aromatic carbocycles. The Morgan fingerprint density at radius 2 is 1.96 bits per heavy atom. The van der Waals surface area contributed by atoms with Crippen molar-refractivity contribution >= 4 is 24.3 Å². The van der Waals surface area contributed by atoms with Gasteiger partial charge in [0.25, 0.3) is 0 Å². The van der Waals surface area contributed by atoms with Gasteiger partial charge in [0.1, 0.15) is 0 Å². The minimum absolute atomic E-state index is 0. The summed E-state index contributed by atoms with van der Waals surface area (Å²) >= 11 is 0. The van der Waals surface area contributed by atoms with Gasteiger partial charge in [0.15, 0.2) is 0 Å². The van der Waals surface area contributed by atoms with E-state index in [1.54, 1.807) is 0 Å². The van der Waals surface area contributed by atoms with Crippen LogP contribution in [-0.4, -0.2) is 51.8 Å². The monoisotopic (exact) mass is 360 g/mol. The van der Waals surface area contributed by atoms with Gasteiger partial charge < -0.3 is 20.1 Å². The second-order valence-electron chi connectivity index (χ2n) is 7.19. The molecule has 1 aliphatic carbocycles. The third-order valence-electron chi connectivity index (χ3n) is 5.94. The molecule has 3 fully saturated rings. The quantitative estimate of drug-likeness (QED) is 0.719. The highest BCUT2D eigenvalue weighted by molar-refractivity contribution is 5.85. The van der Waals surface area contributed by atoms with Crippen LogP contribution in [0.3, 0.4) is 0 Å². The van der Waals surface area contributed by atoms with E-state index in [0.717, 1.165) is 45.2 Å². The number of rotatable bonds is 5. The van der Waals surface area contributed by atoms with E-state index in [-0.39, 0.29) is 47.5 Å². The number of halogens is 1. The zero-order chi connectivity index (χ0) is 16.3. The van der Waals surface area contributed by atoms with Gasteiger partial charge in [0.2, 0.25) is 5.91 Å². The van der Waals surface area contributed by atoms with Crippen LogP contribution in [0.25, 0.3) is 0 Å². The van der Waals surface area contributed by atoms with Crippen molar-refractivity contribution in [2.45, 2.75) is 32.1 Å². The van der Waals surface area contributed by atoms with Crippen LogP contribution in [-0.2, 0) is 19.1 Å². The van der Waals surface area contributed by atoms with Crippen LogP contribution in [0.4, 0.5) is 0 Å². The molecule has 24 heavy (non-hydrogen) atoms. The summed E-state index contributed by atoms with van der Waals surface area (Å²) in [7, 11) is 1.42. The summed E-state index contributed by atoms with van der Waals surface area (Å²) in [4.78, 5) is 24.6. The van der Waals surface area contributed by atoms with Crippen molar-refractivity contribution in [1.29, 1.82) is 0 Å². The van der Waals surface area contributed by atoms with E-state index >= 15 is 0 Å². The number of hydrogen-bond donors (Lipinski definition) is 2. The number of ether oxygens (including phenoxy) is 2. The minimum atomic E-state index is -0.254. The average molecular weight is 361 g/mol. The Bertz CT molecular complexity index is 448. The first-order valence-electron chi connectivity index (χ1n) is 8.80. The van der Waals surface area contributed by atoms with E-state index in [1.165, 1.54) is 7.11 Å². The number of carbonyl (C=O) groups excluding carboxylic acids is 2. The lowest BCUT2D eigenvalue weighted by Gasteiger charge is -2.29. The average Bonchev–Trinajstić information content (AvgIpc) is 3.29. The lowest BCUT2D eigenvalue weighted by Crippen LogP contribution is -2.41. The Morgan fingerprint density at radius 1 is 1.29 bits per heavy atom. The molecule has 2 saturated heterocycles. The molecule has 3 aliphatic rings. The zero-order valence-electron chi connectivity index (χ0n) is 14.3. The van der Waals surface area contributed by atoms with Crippen LogP contribution in [0.1, 0.15) is 32.1 Å². The molecule has 3 rings (SSSR count). The lowest BCUT2D eigenvalue weighted by atomic mass is 9.85. The molecule has 2 aliphatic heterocycles. The topological polar surface area (TPSA) is 76.7 Å². The van der Waals surface area contributed by atoms with Crippen LogP contribution >= 0.6 is 12.4 Å². The maximum Gasteiger partial charge on any atom is 0.310 e. The molecule has 2 unspecified atom stereocenters. The highest BCUT2D eigenvalue weighted by Gasteiger charge is 2.57. The van der Waals surface area contributed by atoms with Crippen LogP contribution in [0.5, 0.6) is 0 Å². The SMILES string of the molecule is COC(=O)C(CNC(=O)C1CC12CCNCC2)C1CCOCC1.Cl. The molecular weight excluding hydrogens is 332 g/mol. The summed E-state index contributed by atoms with van der Waals surface area (Å²) in [6.07, 6.45) is 4.89. The lowest BCUT2D eigenvalue weighted by molar-refractivity contribution is -0.148. The number of carbonyl (C=O) groups is 2. The zero-order valence-corrected chi connectivity index (χ0v) is 15.2. The van der Waals surface area contributed by atoms with Crippen molar-refractivity contribution in [2.24, 2.45) is 23.2 Å². The van der Waals surface area contributed by atoms with Gasteiger partial charge in [-0.15, -0.1) is 12.4 Å². The molecule has 0 aromatic rings. The Labute approximate surface area is 149 Å². The van der Waals surface area contributed by atoms with E-state index in [1.807, 2.05) is 0 Å². The third kappa shape index (κ3) is 4.21. The third-order valence-corrected chi connectivity index (χ3v) is 5.94. The number of esters is 1. The van der Waals surface area contributed by atoms with Crippen molar-refractivity contribution in [2.75, 3.05) is 40.0 Å². The molecule has 0 bridgehead atoms. The maximum atomic E-state index is 12.5. The largest absolute Gasteiger partial charge is 0.469 e. The van der Waals surface area contributed by atoms with Gasteiger partial charge in [0.05, 0.1) is 13.0 Å². The predicted octanol–water partition coefficient (Wildman–Crippen LogP) is 1.13. The van der Waals surface area contributed by atoms with Crippen molar-refractivity contribution < 1.29 is 19.1 Å². The van der Waals surface area contributed by atoms with Gasteiger partial charge in [-0.05, 0) is 56.5 Å². The Morgan fingerprint density at radius 3 is 2.58 bits per heavy atom. The summed E-state index contributed by atoms with van der Waals surface area (Å²) in [5.74, 6) is 0.0224. The molecule has 1 spiro atoms. The van der Waals surface area contributed by atoms with E-state index < -0.39 is 0 Å². The summed E-state index contributed by atoms with van der Waals surface area (Å²) < 4.78 is 10.3. The molecule has 6 nitrogen and oxygen atoms in total. The van der Waals surface area contributed by atoms with Gasteiger partial charge in [-0.25, -0.2) is 0 Å². The molecule has 7 heteroatoms. The summed E-state index contributed by atoms with van der Waals surface area (Å²) in [6, 6.07) is 0. The number of piperidine rings is 1. The van der Waals surface area contributed by atoms with E-state index in [4.69, 9.17) is 9.47 Å². The molecular formula is C17H29ClN2O4. The van der Waals surface area contributed by atoms with Crippen molar-refractivity contribution in [1.82, 2.24) is 10.6 Å².